The molecule has 0 spiro atoms. The maximum absolute atomic E-state index is 12.5. The van der Waals surface area contributed by atoms with E-state index in [1.165, 1.54) is 7.11 Å². The lowest BCUT2D eigenvalue weighted by atomic mass is 10.1. The van der Waals surface area contributed by atoms with Crippen LogP contribution in [0.4, 0.5) is 0 Å². The molecule has 5 nitrogen and oxygen atoms in total. The fourth-order valence-electron chi connectivity index (χ4n) is 2.35. The molecule has 0 aliphatic heterocycles. The first-order valence-corrected chi connectivity index (χ1v) is 6.76. The Morgan fingerprint density at radius 2 is 1.77 bits per heavy atom. The van der Waals surface area contributed by atoms with Gasteiger partial charge in [0, 0.05) is 12.6 Å². The summed E-state index contributed by atoms with van der Waals surface area (Å²) in [5.41, 5.74) is 2.81. The number of esters is 1. The van der Waals surface area contributed by atoms with Crippen LogP contribution in [0.15, 0.2) is 53.3 Å². The van der Waals surface area contributed by atoms with E-state index in [1.54, 1.807) is 35.9 Å². The number of para-hydroxylation sites is 2. The highest BCUT2D eigenvalue weighted by Gasteiger charge is 2.11. The van der Waals surface area contributed by atoms with Gasteiger partial charge in [0.15, 0.2) is 0 Å². The Kier molecular flexibility index (Phi) is 3.47. The molecule has 0 N–H and O–H groups in total. The summed E-state index contributed by atoms with van der Waals surface area (Å²) < 4.78 is 6.24. The first kappa shape index (κ1) is 14.0. The van der Waals surface area contributed by atoms with Gasteiger partial charge < -0.3 is 9.30 Å². The van der Waals surface area contributed by atoms with Crippen molar-refractivity contribution in [1.29, 1.82) is 0 Å². The molecule has 3 aromatic rings. The zero-order chi connectivity index (χ0) is 15.7. The van der Waals surface area contributed by atoms with Crippen molar-refractivity contribution < 1.29 is 9.53 Å². The van der Waals surface area contributed by atoms with Crippen LogP contribution in [0.25, 0.3) is 22.3 Å². The van der Waals surface area contributed by atoms with E-state index >= 15 is 0 Å². The number of benzene rings is 2. The van der Waals surface area contributed by atoms with E-state index in [9.17, 15) is 9.59 Å². The molecule has 110 valence electrons. The minimum absolute atomic E-state index is 0.176. The summed E-state index contributed by atoms with van der Waals surface area (Å²) in [6.07, 6.45) is 0. The highest BCUT2D eigenvalue weighted by Crippen LogP contribution is 2.18. The molecular formula is C17H14N2O3. The Bertz CT molecular complexity index is 911. The number of aryl methyl sites for hydroxylation is 1. The molecule has 1 aromatic heterocycles. The number of carbonyl (C=O) groups excluding carboxylic acids is 1. The molecule has 0 saturated heterocycles. The molecule has 0 unspecified atom stereocenters. The van der Waals surface area contributed by atoms with Crippen molar-refractivity contribution in [2.45, 2.75) is 0 Å². The van der Waals surface area contributed by atoms with Gasteiger partial charge >= 0.3 is 5.97 Å². The Morgan fingerprint density at radius 1 is 1.09 bits per heavy atom. The molecule has 0 aliphatic rings. The number of methoxy groups -OCH3 is 1. The molecule has 0 atom stereocenters. The molecule has 0 saturated carbocycles. The monoisotopic (exact) mass is 294 g/mol. The summed E-state index contributed by atoms with van der Waals surface area (Å²) in [6.45, 7) is 0. The number of hydrogen-bond donors (Lipinski definition) is 0. The lowest BCUT2D eigenvalue weighted by Crippen LogP contribution is -2.20. The molecule has 3 rings (SSSR count). The third kappa shape index (κ3) is 2.26. The Labute approximate surface area is 126 Å². The topological polar surface area (TPSA) is 61.2 Å². The average Bonchev–Trinajstić information content (AvgIpc) is 2.57. The second kappa shape index (κ2) is 5.44. The van der Waals surface area contributed by atoms with Crippen molar-refractivity contribution in [2.24, 2.45) is 7.05 Å². The smallest absolute Gasteiger partial charge is 0.337 e. The number of rotatable bonds is 2. The van der Waals surface area contributed by atoms with Crippen LogP contribution in [0.2, 0.25) is 0 Å². The van der Waals surface area contributed by atoms with Gasteiger partial charge in [-0.2, -0.15) is 0 Å². The fourth-order valence-corrected chi connectivity index (χ4v) is 2.35. The largest absolute Gasteiger partial charge is 0.465 e. The van der Waals surface area contributed by atoms with E-state index in [-0.39, 0.29) is 5.56 Å². The van der Waals surface area contributed by atoms with Crippen LogP contribution in [0.3, 0.4) is 0 Å². The minimum atomic E-state index is -0.411. The van der Waals surface area contributed by atoms with Gasteiger partial charge in [0.25, 0.3) is 5.56 Å². The minimum Gasteiger partial charge on any atom is -0.465 e. The van der Waals surface area contributed by atoms with Crippen molar-refractivity contribution in [3.8, 4) is 11.3 Å². The molecule has 0 aliphatic carbocycles. The van der Waals surface area contributed by atoms with E-state index in [0.717, 1.165) is 11.0 Å². The maximum Gasteiger partial charge on any atom is 0.337 e. The zero-order valence-electron chi connectivity index (χ0n) is 12.2. The Morgan fingerprint density at radius 3 is 2.45 bits per heavy atom. The molecule has 1 heterocycles. The summed E-state index contributed by atoms with van der Waals surface area (Å²) >= 11 is 0. The molecular weight excluding hydrogens is 280 g/mol. The van der Waals surface area contributed by atoms with Gasteiger partial charge in [0.2, 0.25) is 0 Å². The first-order valence-electron chi connectivity index (χ1n) is 6.76. The van der Waals surface area contributed by atoms with Gasteiger partial charge in [-0.25, -0.2) is 9.78 Å². The second-order valence-electron chi connectivity index (χ2n) is 4.88. The molecule has 2 aromatic carbocycles. The number of hydrogen-bond acceptors (Lipinski definition) is 4. The van der Waals surface area contributed by atoms with E-state index in [0.29, 0.717) is 16.8 Å². The quantitative estimate of drug-likeness (QED) is 0.681. The third-order valence-electron chi connectivity index (χ3n) is 3.56. The van der Waals surface area contributed by atoms with Crippen LogP contribution in [-0.4, -0.2) is 22.6 Å². The molecule has 0 fully saturated rings. The van der Waals surface area contributed by atoms with Gasteiger partial charge in [-0.3, -0.25) is 4.79 Å². The summed E-state index contributed by atoms with van der Waals surface area (Å²) in [4.78, 5) is 28.4. The zero-order valence-corrected chi connectivity index (χ0v) is 12.2. The lowest BCUT2D eigenvalue weighted by Gasteiger charge is -2.08. The third-order valence-corrected chi connectivity index (χ3v) is 3.56. The summed E-state index contributed by atoms with van der Waals surface area (Å²) in [6, 6.07) is 14.1. The predicted octanol–water partition coefficient (Wildman–Crippen LogP) is 2.39. The van der Waals surface area contributed by atoms with Gasteiger partial charge in [-0.05, 0) is 24.3 Å². The van der Waals surface area contributed by atoms with E-state index in [4.69, 9.17) is 0 Å². The molecule has 0 radical (unpaired) electrons. The van der Waals surface area contributed by atoms with Gasteiger partial charge in [-0.1, -0.05) is 24.3 Å². The lowest BCUT2D eigenvalue weighted by molar-refractivity contribution is 0.0601. The van der Waals surface area contributed by atoms with Gasteiger partial charge in [0.1, 0.15) is 5.69 Å². The van der Waals surface area contributed by atoms with E-state index in [1.807, 2.05) is 24.3 Å². The highest BCUT2D eigenvalue weighted by atomic mass is 16.5. The number of nitrogens with zero attached hydrogens (tertiary/aromatic N) is 2. The molecule has 22 heavy (non-hydrogen) atoms. The van der Waals surface area contributed by atoms with E-state index in [2.05, 4.69) is 9.72 Å². The van der Waals surface area contributed by atoms with Crippen molar-refractivity contribution in [3.05, 3.63) is 64.4 Å². The average molecular weight is 294 g/mol. The first-order chi connectivity index (χ1) is 10.6. The Balaban J connectivity index is 2.16. The van der Waals surface area contributed by atoms with Gasteiger partial charge in [0.05, 0.1) is 23.7 Å². The van der Waals surface area contributed by atoms with Gasteiger partial charge in [-0.15, -0.1) is 0 Å². The van der Waals surface area contributed by atoms with Crippen LogP contribution < -0.4 is 5.56 Å². The fraction of sp³-hybridized carbons (Fsp3) is 0.118. The van der Waals surface area contributed by atoms with Crippen LogP contribution in [-0.2, 0) is 11.8 Å². The van der Waals surface area contributed by atoms with Crippen molar-refractivity contribution in [2.75, 3.05) is 7.11 Å². The summed E-state index contributed by atoms with van der Waals surface area (Å²) in [5, 5.41) is 0. The maximum atomic E-state index is 12.5. The Hall–Kier alpha value is -2.95. The van der Waals surface area contributed by atoms with Crippen LogP contribution in [0.5, 0.6) is 0 Å². The van der Waals surface area contributed by atoms with Crippen molar-refractivity contribution >= 4 is 17.0 Å². The number of carbonyl (C=O) groups is 1. The van der Waals surface area contributed by atoms with Crippen LogP contribution in [0.1, 0.15) is 10.4 Å². The second-order valence-corrected chi connectivity index (χ2v) is 4.88. The molecule has 0 bridgehead atoms. The number of fused-ring (bicyclic) bond motifs is 1. The van der Waals surface area contributed by atoms with E-state index < -0.39 is 5.97 Å². The predicted molar refractivity (Wildman–Crippen MR) is 83.8 cm³/mol. The SMILES string of the molecule is COC(=O)c1ccc(-c2nc3ccccc3n(C)c2=O)cc1. The van der Waals surface area contributed by atoms with Crippen molar-refractivity contribution in [3.63, 3.8) is 0 Å². The number of aromatic nitrogens is 2. The molecule has 0 amide bonds. The summed E-state index contributed by atoms with van der Waals surface area (Å²) in [7, 11) is 3.05. The van der Waals surface area contributed by atoms with Crippen LogP contribution in [0, 0.1) is 0 Å². The number of ether oxygens (including phenoxy) is 1. The molecule has 5 heteroatoms. The normalized spacial score (nSPS) is 10.6. The summed E-state index contributed by atoms with van der Waals surface area (Å²) in [5.74, 6) is -0.411. The highest BCUT2D eigenvalue weighted by molar-refractivity contribution is 5.90. The standard InChI is InChI=1S/C17H14N2O3/c1-19-14-6-4-3-5-13(14)18-15(16(19)20)11-7-9-12(10-8-11)17(21)22-2/h3-10H,1-2H3. The van der Waals surface area contributed by atoms with Crippen LogP contribution >= 0.6 is 0 Å². The van der Waals surface area contributed by atoms with Crippen molar-refractivity contribution in [1.82, 2.24) is 9.55 Å².